The Bertz CT molecular complexity index is 1730. The standard InChI is InChI=1S/C32H26IN3O5/c1-3-40-28-17-20(9-16-27(28)41-32(38)22-10-13-24(39-2)14-11-22)19-34-36-31(37)30-29(21-7-5-4-6-8-21)25-18-23(33)12-15-26(25)35-30/h4-19,35H,3H2,1-2H3,(H,36,37). The van der Waals surface area contributed by atoms with Crippen LogP contribution >= 0.6 is 22.6 Å². The minimum atomic E-state index is -0.524. The number of esters is 1. The van der Waals surface area contributed by atoms with E-state index in [4.69, 9.17) is 14.2 Å². The van der Waals surface area contributed by atoms with Gasteiger partial charge in [0.25, 0.3) is 5.91 Å². The highest BCUT2D eigenvalue weighted by Crippen LogP contribution is 2.33. The number of hydrogen-bond acceptors (Lipinski definition) is 6. The van der Waals surface area contributed by atoms with Crippen LogP contribution in [0.3, 0.4) is 0 Å². The average Bonchev–Trinajstić information content (AvgIpc) is 3.37. The van der Waals surface area contributed by atoms with Crippen LogP contribution < -0.4 is 19.6 Å². The van der Waals surface area contributed by atoms with Gasteiger partial charge in [-0.05, 0) is 101 Å². The molecule has 0 aliphatic carbocycles. The highest BCUT2D eigenvalue weighted by molar-refractivity contribution is 14.1. The van der Waals surface area contributed by atoms with Crippen LogP contribution in [0.4, 0.5) is 0 Å². The first-order valence-corrected chi connectivity index (χ1v) is 13.9. The summed E-state index contributed by atoms with van der Waals surface area (Å²) in [5.74, 6) is 0.393. The van der Waals surface area contributed by atoms with Gasteiger partial charge in [-0.25, -0.2) is 10.2 Å². The molecule has 0 spiro atoms. The van der Waals surface area contributed by atoms with Gasteiger partial charge in [-0.2, -0.15) is 5.10 Å². The molecule has 0 saturated heterocycles. The minimum Gasteiger partial charge on any atom is -0.497 e. The molecule has 5 rings (SSSR count). The molecule has 0 unspecified atom stereocenters. The number of benzene rings is 4. The predicted octanol–water partition coefficient (Wildman–Crippen LogP) is 6.83. The van der Waals surface area contributed by atoms with Gasteiger partial charge in [-0.3, -0.25) is 4.79 Å². The highest BCUT2D eigenvalue weighted by atomic mass is 127. The third-order valence-electron chi connectivity index (χ3n) is 6.23. The molecule has 0 bridgehead atoms. The molecule has 41 heavy (non-hydrogen) atoms. The molecule has 8 nitrogen and oxygen atoms in total. The number of aromatic nitrogens is 1. The highest BCUT2D eigenvalue weighted by Gasteiger charge is 2.19. The van der Waals surface area contributed by atoms with E-state index in [-0.39, 0.29) is 11.7 Å². The first kappa shape index (κ1) is 27.9. The predicted molar refractivity (Wildman–Crippen MR) is 167 cm³/mol. The molecule has 0 fully saturated rings. The van der Waals surface area contributed by atoms with E-state index in [1.54, 1.807) is 49.6 Å². The first-order chi connectivity index (χ1) is 20.0. The Morgan fingerprint density at radius 3 is 2.46 bits per heavy atom. The Hall–Kier alpha value is -4.64. The molecule has 1 amide bonds. The summed E-state index contributed by atoms with van der Waals surface area (Å²) < 4.78 is 17.5. The lowest BCUT2D eigenvalue weighted by Gasteiger charge is -2.11. The van der Waals surface area contributed by atoms with Crippen LogP contribution in [-0.2, 0) is 0 Å². The van der Waals surface area contributed by atoms with Crippen molar-refractivity contribution in [1.82, 2.24) is 10.4 Å². The number of fused-ring (bicyclic) bond motifs is 1. The Morgan fingerprint density at radius 1 is 0.951 bits per heavy atom. The van der Waals surface area contributed by atoms with E-state index >= 15 is 0 Å². The summed E-state index contributed by atoms with van der Waals surface area (Å²) in [5, 5.41) is 5.13. The van der Waals surface area contributed by atoms with E-state index in [0.717, 1.165) is 25.6 Å². The Morgan fingerprint density at radius 2 is 1.73 bits per heavy atom. The van der Waals surface area contributed by atoms with Crippen molar-refractivity contribution in [3.05, 3.63) is 111 Å². The number of aromatic amines is 1. The molecule has 0 radical (unpaired) electrons. The molecule has 2 N–H and O–H groups in total. The van der Waals surface area contributed by atoms with Crippen LogP contribution in [0.25, 0.3) is 22.0 Å². The van der Waals surface area contributed by atoms with Crippen LogP contribution in [0.1, 0.15) is 33.3 Å². The molecule has 9 heteroatoms. The van der Waals surface area contributed by atoms with Crippen molar-refractivity contribution in [3.8, 4) is 28.4 Å². The number of rotatable bonds is 9. The van der Waals surface area contributed by atoms with Crippen LogP contribution in [0.5, 0.6) is 17.2 Å². The Balaban J connectivity index is 1.34. The van der Waals surface area contributed by atoms with Gasteiger partial charge in [0, 0.05) is 20.0 Å². The largest absolute Gasteiger partial charge is 0.497 e. The van der Waals surface area contributed by atoms with Crippen LogP contribution in [0, 0.1) is 3.57 Å². The van der Waals surface area contributed by atoms with Crippen LogP contribution in [-0.4, -0.2) is 36.8 Å². The average molecular weight is 659 g/mol. The third kappa shape index (κ3) is 6.41. The van der Waals surface area contributed by atoms with Crippen molar-refractivity contribution in [2.24, 2.45) is 5.10 Å². The number of halogens is 1. The number of H-pyrrole nitrogens is 1. The lowest BCUT2D eigenvalue weighted by molar-refractivity contribution is 0.0728. The molecule has 1 heterocycles. The van der Waals surface area contributed by atoms with Gasteiger partial charge < -0.3 is 19.2 Å². The summed E-state index contributed by atoms with van der Waals surface area (Å²) in [6.07, 6.45) is 1.50. The summed E-state index contributed by atoms with van der Waals surface area (Å²) >= 11 is 2.26. The molecule has 206 valence electrons. The molecular formula is C32H26IN3O5. The van der Waals surface area contributed by atoms with Gasteiger partial charge in [0.1, 0.15) is 11.4 Å². The summed E-state index contributed by atoms with van der Waals surface area (Å²) in [5.41, 5.74) is 6.67. The monoisotopic (exact) mass is 659 g/mol. The number of methoxy groups -OCH3 is 1. The number of carbonyl (C=O) groups is 2. The topological polar surface area (TPSA) is 102 Å². The lowest BCUT2D eigenvalue weighted by Crippen LogP contribution is -2.18. The number of hydrogen-bond donors (Lipinski definition) is 2. The van der Waals surface area contributed by atoms with Crippen LogP contribution in [0.2, 0.25) is 0 Å². The number of nitrogens with zero attached hydrogens (tertiary/aromatic N) is 1. The first-order valence-electron chi connectivity index (χ1n) is 12.8. The van der Waals surface area contributed by atoms with Crippen molar-refractivity contribution >= 4 is 51.6 Å². The smallest absolute Gasteiger partial charge is 0.343 e. The molecule has 4 aromatic carbocycles. The van der Waals surface area contributed by atoms with Gasteiger partial charge in [-0.1, -0.05) is 30.3 Å². The van der Waals surface area contributed by atoms with Crippen molar-refractivity contribution in [1.29, 1.82) is 0 Å². The summed E-state index contributed by atoms with van der Waals surface area (Å²) in [6, 6.07) is 27.4. The summed E-state index contributed by atoms with van der Waals surface area (Å²) in [4.78, 5) is 29.2. The van der Waals surface area contributed by atoms with E-state index in [1.165, 1.54) is 6.21 Å². The lowest BCUT2D eigenvalue weighted by atomic mass is 10.0. The van der Waals surface area contributed by atoms with Crippen molar-refractivity contribution in [2.45, 2.75) is 6.92 Å². The van der Waals surface area contributed by atoms with E-state index in [0.29, 0.717) is 34.9 Å². The fraction of sp³-hybridized carbons (Fsp3) is 0.0938. The number of hydrazone groups is 1. The SMILES string of the molecule is CCOc1cc(C=NNC(=O)c2[nH]c3ccc(I)cc3c2-c2ccccc2)ccc1OC(=O)c1ccc(OC)cc1. The van der Waals surface area contributed by atoms with E-state index in [1.807, 2.05) is 55.5 Å². The number of amides is 1. The zero-order chi connectivity index (χ0) is 28.8. The summed E-state index contributed by atoms with van der Waals surface area (Å²) in [6.45, 7) is 2.20. The number of nitrogens with one attached hydrogen (secondary N) is 2. The third-order valence-corrected chi connectivity index (χ3v) is 6.90. The van der Waals surface area contributed by atoms with Gasteiger partial charge >= 0.3 is 5.97 Å². The summed E-state index contributed by atoms with van der Waals surface area (Å²) in [7, 11) is 1.56. The van der Waals surface area contributed by atoms with Gasteiger partial charge in [0.15, 0.2) is 11.5 Å². The van der Waals surface area contributed by atoms with Crippen LogP contribution in [0.15, 0.2) is 96.1 Å². The molecule has 5 aromatic rings. The second-order valence-corrected chi connectivity index (χ2v) is 10.1. The zero-order valence-electron chi connectivity index (χ0n) is 22.3. The van der Waals surface area contributed by atoms with E-state index in [9.17, 15) is 9.59 Å². The molecule has 0 aliphatic rings. The molecular weight excluding hydrogens is 633 g/mol. The Labute approximate surface area is 250 Å². The molecule has 0 aliphatic heterocycles. The molecule has 0 atom stereocenters. The van der Waals surface area contributed by atoms with Gasteiger partial charge in [0.05, 0.1) is 25.5 Å². The van der Waals surface area contributed by atoms with Gasteiger partial charge in [-0.15, -0.1) is 0 Å². The van der Waals surface area contributed by atoms with Crippen molar-refractivity contribution in [3.63, 3.8) is 0 Å². The van der Waals surface area contributed by atoms with Crippen molar-refractivity contribution < 1.29 is 23.8 Å². The second-order valence-electron chi connectivity index (χ2n) is 8.89. The fourth-order valence-electron chi connectivity index (χ4n) is 4.30. The maximum Gasteiger partial charge on any atom is 0.343 e. The number of ether oxygens (including phenoxy) is 3. The van der Waals surface area contributed by atoms with E-state index < -0.39 is 5.97 Å². The molecule has 0 saturated carbocycles. The Kier molecular flexibility index (Phi) is 8.64. The maximum absolute atomic E-state index is 13.3. The van der Waals surface area contributed by atoms with E-state index in [2.05, 4.69) is 38.1 Å². The van der Waals surface area contributed by atoms with Crippen molar-refractivity contribution in [2.75, 3.05) is 13.7 Å². The minimum absolute atomic E-state index is 0.272. The van der Waals surface area contributed by atoms with Gasteiger partial charge in [0.2, 0.25) is 0 Å². The zero-order valence-corrected chi connectivity index (χ0v) is 24.5. The fourth-order valence-corrected chi connectivity index (χ4v) is 4.80. The quantitative estimate of drug-likeness (QED) is 0.0594. The molecule has 1 aromatic heterocycles. The number of carbonyl (C=O) groups excluding carboxylic acids is 2. The normalized spacial score (nSPS) is 11.0. The maximum atomic E-state index is 13.3. The second kappa shape index (κ2) is 12.7.